The first kappa shape index (κ1) is 11.2. The SMILES string of the molecule is O=C(O)C=CCN1CCCC(CO)C1. The Hall–Kier alpha value is -0.870. The molecule has 0 amide bonds. The molecule has 0 bridgehead atoms. The quantitative estimate of drug-likeness (QED) is 0.641. The van der Waals surface area contributed by atoms with Crippen LogP contribution in [0.1, 0.15) is 12.8 Å². The van der Waals surface area contributed by atoms with Crippen LogP contribution in [-0.4, -0.2) is 47.3 Å². The molecule has 1 aliphatic heterocycles. The lowest BCUT2D eigenvalue weighted by Gasteiger charge is -2.30. The zero-order valence-electron chi connectivity index (χ0n) is 8.22. The third-order valence-corrected chi connectivity index (χ3v) is 2.49. The van der Waals surface area contributed by atoms with Crippen LogP contribution in [-0.2, 0) is 4.79 Å². The monoisotopic (exact) mass is 199 g/mol. The average molecular weight is 199 g/mol. The van der Waals surface area contributed by atoms with E-state index in [1.807, 2.05) is 0 Å². The number of carboxylic acid groups (broad SMARTS) is 1. The van der Waals surface area contributed by atoms with Crippen LogP contribution in [0.25, 0.3) is 0 Å². The lowest BCUT2D eigenvalue weighted by Crippen LogP contribution is -2.36. The minimum absolute atomic E-state index is 0.235. The van der Waals surface area contributed by atoms with Gasteiger partial charge in [-0.05, 0) is 25.3 Å². The lowest BCUT2D eigenvalue weighted by molar-refractivity contribution is -0.131. The van der Waals surface area contributed by atoms with Crippen LogP contribution < -0.4 is 0 Å². The molecule has 1 fully saturated rings. The van der Waals surface area contributed by atoms with Crippen LogP contribution in [0, 0.1) is 5.92 Å². The summed E-state index contributed by atoms with van der Waals surface area (Å²) in [6.45, 7) is 2.78. The van der Waals surface area contributed by atoms with E-state index in [4.69, 9.17) is 10.2 Å². The van der Waals surface area contributed by atoms with Gasteiger partial charge in [-0.1, -0.05) is 6.08 Å². The number of rotatable bonds is 4. The van der Waals surface area contributed by atoms with Gasteiger partial charge in [-0.3, -0.25) is 4.90 Å². The molecule has 0 aromatic carbocycles. The molecule has 4 nitrogen and oxygen atoms in total. The number of aliphatic hydroxyl groups is 1. The number of carbonyl (C=O) groups is 1. The molecule has 2 N–H and O–H groups in total. The summed E-state index contributed by atoms with van der Waals surface area (Å²) in [5, 5.41) is 17.4. The second-order valence-corrected chi connectivity index (χ2v) is 3.69. The van der Waals surface area contributed by atoms with Gasteiger partial charge in [-0.15, -0.1) is 0 Å². The molecule has 1 heterocycles. The molecule has 14 heavy (non-hydrogen) atoms. The standard InChI is InChI=1S/C10H17NO3/c12-8-9-3-1-5-11(7-9)6-2-4-10(13)14/h2,4,9,12H,1,3,5-8H2,(H,13,14). The predicted molar refractivity (Wildman–Crippen MR) is 53.0 cm³/mol. The van der Waals surface area contributed by atoms with Crippen molar-refractivity contribution >= 4 is 5.97 Å². The van der Waals surface area contributed by atoms with Crippen molar-refractivity contribution in [2.75, 3.05) is 26.2 Å². The molecule has 0 aromatic rings. The summed E-state index contributed by atoms with van der Waals surface area (Å²) in [6, 6.07) is 0. The van der Waals surface area contributed by atoms with Crippen molar-refractivity contribution in [1.82, 2.24) is 4.90 Å². The summed E-state index contributed by atoms with van der Waals surface area (Å²) in [7, 11) is 0. The zero-order chi connectivity index (χ0) is 10.4. The predicted octanol–water partition coefficient (Wildman–Crippen LogP) is 0.331. The summed E-state index contributed by atoms with van der Waals surface area (Å²) in [4.78, 5) is 12.4. The molecule has 80 valence electrons. The van der Waals surface area contributed by atoms with Crippen LogP contribution in [0.2, 0.25) is 0 Å². The Labute approximate surface area is 83.8 Å². The van der Waals surface area contributed by atoms with E-state index in [0.717, 1.165) is 25.9 Å². The maximum atomic E-state index is 10.2. The van der Waals surface area contributed by atoms with Gasteiger partial charge in [-0.25, -0.2) is 4.79 Å². The Morgan fingerprint density at radius 3 is 3.00 bits per heavy atom. The van der Waals surface area contributed by atoms with Crippen molar-refractivity contribution in [2.24, 2.45) is 5.92 Å². The number of piperidine rings is 1. The number of aliphatic hydroxyl groups excluding tert-OH is 1. The number of likely N-dealkylation sites (tertiary alicyclic amines) is 1. The van der Waals surface area contributed by atoms with Gasteiger partial charge in [0.1, 0.15) is 0 Å². The Morgan fingerprint density at radius 1 is 1.57 bits per heavy atom. The summed E-state index contributed by atoms with van der Waals surface area (Å²) in [5.41, 5.74) is 0. The van der Waals surface area contributed by atoms with Gasteiger partial charge >= 0.3 is 5.97 Å². The number of hydrogen-bond donors (Lipinski definition) is 2. The molecule has 0 spiro atoms. The Bertz CT molecular complexity index is 215. The van der Waals surface area contributed by atoms with Crippen molar-refractivity contribution < 1.29 is 15.0 Å². The first-order valence-electron chi connectivity index (χ1n) is 4.95. The highest BCUT2D eigenvalue weighted by molar-refractivity contribution is 5.79. The van der Waals surface area contributed by atoms with Gasteiger partial charge in [0.05, 0.1) is 0 Å². The molecule has 1 atom stereocenters. The zero-order valence-corrected chi connectivity index (χ0v) is 8.22. The van der Waals surface area contributed by atoms with Crippen molar-refractivity contribution in [3.8, 4) is 0 Å². The van der Waals surface area contributed by atoms with E-state index in [9.17, 15) is 4.79 Å². The molecular formula is C10H17NO3. The van der Waals surface area contributed by atoms with Gasteiger partial charge in [0.25, 0.3) is 0 Å². The highest BCUT2D eigenvalue weighted by atomic mass is 16.4. The third kappa shape index (κ3) is 3.89. The summed E-state index contributed by atoms with van der Waals surface area (Å²) >= 11 is 0. The molecule has 0 aliphatic carbocycles. The van der Waals surface area contributed by atoms with E-state index in [1.165, 1.54) is 6.08 Å². The highest BCUT2D eigenvalue weighted by Crippen LogP contribution is 2.15. The number of nitrogens with zero attached hydrogens (tertiary/aromatic N) is 1. The molecule has 1 unspecified atom stereocenters. The maximum absolute atomic E-state index is 10.2. The van der Waals surface area contributed by atoms with E-state index in [0.29, 0.717) is 12.5 Å². The number of carboxylic acids is 1. The second-order valence-electron chi connectivity index (χ2n) is 3.69. The van der Waals surface area contributed by atoms with Crippen molar-refractivity contribution in [3.05, 3.63) is 12.2 Å². The minimum atomic E-state index is -0.902. The van der Waals surface area contributed by atoms with E-state index in [2.05, 4.69) is 4.90 Å². The summed E-state index contributed by atoms with van der Waals surface area (Å²) in [5.74, 6) is -0.539. The maximum Gasteiger partial charge on any atom is 0.328 e. The van der Waals surface area contributed by atoms with E-state index in [1.54, 1.807) is 6.08 Å². The summed E-state index contributed by atoms with van der Waals surface area (Å²) < 4.78 is 0. The van der Waals surface area contributed by atoms with Crippen LogP contribution >= 0.6 is 0 Å². The Kier molecular flexibility index (Phi) is 4.62. The van der Waals surface area contributed by atoms with E-state index < -0.39 is 5.97 Å². The van der Waals surface area contributed by atoms with Crippen LogP contribution in [0.3, 0.4) is 0 Å². The van der Waals surface area contributed by atoms with Crippen LogP contribution in [0.4, 0.5) is 0 Å². The fourth-order valence-corrected chi connectivity index (χ4v) is 1.77. The van der Waals surface area contributed by atoms with Gasteiger partial charge in [0.15, 0.2) is 0 Å². The Morgan fingerprint density at radius 2 is 2.36 bits per heavy atom. The van der Waals surface area contributed by atoms with Gasteiger partial charge in [-0.2, -0.15) is 0 Å². The average Bonchev–Trinajstić information content (AvgIpc) is 2.18. The van der Waals surface area contributed by atoms with Gasteiger partial charge in [0.2, 0.25) is 0 Å². The highest BCUT2D eigenvalue weighted by Gasteiger charge is 2.17. The van der Waals surface area contributed by atoms with Crippen LogP contribution in [0.15, 0.2) is 12.2 Å². The second kappa shape index (κ2) is 5.78. The minimum Gasteiger partial charge on any atom is -0.478 e. The topological polar surface area (TPSA) is 60.8 Å². The van der Waals surface area contributed by atoms with E-state index >= 15 is 0 Å². The molecule has 0 saturated carbocycles. The summed E-state index contributed by atoms with van der Waals surface area (Å²) in [6.07, 6.45) is 4.99. The van der Waals surface area contributed by atoms with Gasteiger partial charge in [0, 0.05) is 25.8 Å². The fraction of sp³-hybridized carbons (Fsp3) is 0.700. The van der Waals surface area contributed by atoms with Crippen molar-refractivity contribution in [2.45, 2.75) is 12.8 Å². The van der Waals surface area contributed by atoms with Gasteiger partial charge < -0.3 is 10.2 Å². The van der Waals surface area contributed by atoms with Crippen LogP contribution in [0.5, 0.6) is 0 Å². The smallest absolute Gasteiger partial charge is 0.328 e. The lowest BCUT2D eigenvalue weighted by atomic mass is 9.99. The molecule has 0 aromatic heterocycles. The normalized spacial score (nSPS) is 24.2. The van der Waals surface area contributed by atoms with E-state index in [-0.39, 0.29) is 6.61 Å². The third-order valence-electron chi connectivity index (χ3n) is 2.49. The largest absolute Gasteiger partial charge is 0.478 e. The molecule has 1 aliphatic rings. The molecule has 0 radical (unpaired) electrons. The fourth-order valence-electron chi connectivity index (χ4n) is 1.77. The first-order valence-corrected chi connectivity index (χ1v) is 4.95. The number of aliphatic carboxylic acids is 1. The molecule has 1 rings (SSSR count). The van der Waals surface area contributed by atoms with Crippen molar-refractivity contribution in [3.63, 3.8) is 0 Å². The molecule has 4 heteroatoms. The first-order chi connectivity index (χ1) is 6.72. The molecule has 1 saturated heterocycles. The Balaban J connectivity index is 2.27. The number of hydrogen-bond acceptors (Lipinski definition) is 3. The molecular weight excluding hydrogens is 182 g/mol. The van der Waals surface area contributed by atoms with Crippen molar-refractivity contribution in [1.29, 1.82) is 0 Å².